The lowest BCUT2D eigenvalue weighted by Crippen LogP contribution is -2.52. The maximum absolute atomic E-state index is 11.7. The first kappa shape index (κ1) is 16.4. The van der Waals surface area contributed by atoms with Crippen molar-refractivity contribution in [2.45, 2.75) is 38.6 Å². The zero-order chi connectivity index (χ0) is 14.3. The smallest absolute Gasteiger partial charge is 0.248 e. The Labute approximate surface area is 115 Å². The molecule has 1 aliphatic rings. The van der Waals surface area contributed by atoms with E-state index in [0.717, 1.165) is 13.1 Å². The number of carbonyl (C=O) groups excluding carboxylic acids is 1. The van der Waals surface area contributed by atoms with Crippen LogP contribution in [-0.4, -0.2) is 63.7 Å². The van der Waals surface area contributed by atoms with Gasteiger partial charge in [0.1, 0.15) is 6.10 Å². The molecule has 1 heterocycles. The van der Waals surface area contributed by atoms with E-state index in [1.807, 2.05) is 13.8 Å². The first-order valence-electron chi connectivity index (χ1n) is 6.71. The molecular weight excluding hydrogens is 248 g/mol. The van der Waals surface area contributed by atoms with Crippen LogP contribution < -0.4 is 10.6 Å². The van der Waals surface area contributed by atoms with Crippen LogP contribution in [0.5, 0.6) is 0 Å². The van der Waals surface area contributed by atoms with Crippen molar-refractivity contribution >= 4 is 5.91 Å². The fourth-order valence-electron chi connectivity index (χ4n) is 1.91. The van der Waals surface area contributed by atoms with E-state index in [1.165, 1.54) is 0 Å². The molecule has 0 aromatic rings. The Bertz CT molecular complexity index is 284. The molecule has 0 aliphatic carbocycles. The fraction of sp³-hybridized carbons (Fsp3) is 0.923. The Hall–Kier alpha value is -0.690. The molecule has 1 rings (SSSR count). The molecule has 0 spiro atoms. The van der Waals surface area contributed by atoms with E-state index in [1.54, 1.807) is 14.0 Å². The second kappa shape index (κ2) is 7.79. The average molecular weight is 274 g/mol. The maximum atomic E-state index is 11.7. The van der Waals surface area contributed by atoms with Gasteiger partial charge in [0.25, 0.3) is 0 Å². The molecule has 2 atom stereocenters. The summed E-state index contributed by atoms with van der Waals surface area (Å²) in [5.41, 5.74) is -0.184. The van der Waals surface area contributed by atoms with Crippen LogP contribution in [0, 0.1) is 0 Å². The summed E-state index contributed by atoms with van der Waals surface area (Å²) in [4.78, 5) is 11.7. The van der Waals surface area contributed by atoms with Crippen molar-refractivity contribution in [2.24, 2.45) is 0 Å². The monoisotopic (exact) mass is 274 g/mol. The van der Waals surface area contributed by atoms with Gasteiger partial charge in [0.2, 0.25) is 5.91 Å². The topological polar surface area (TPSA) is 68.8 Å². The van der Waals surface area contributed by atoms with Crippen molar-refractivity contribution in [1.29, 1.82) is 0 Å². The largest absolute Gasteiger partial charge is 0.383 e. The lowest BCUT2D eigenvalue weighted by molar-refractivity contribution is -0.145. The Morgan fingerprint density at radius 2 is 2.32 bits per heavy atom. The lowest BCUT2D eigenvalue weighted by atomic mass is 10.1. The third-order valence-corrected chi connectivity index (χ3v) is 2.92. The first-order chi connectivity index (χ1) is 8.94. The molecule has 1 saturated heterocycles. The summed E-state index contributed by atoms with van der Waals surface area (Å²) in [6, 6.07) is 0. The van der Waals surface area contributed by atoms with Crippen molar-refractivity contribution in [3.05, 3.63) is 0 Å². The highest BCUT2D eigenvalue weighted by molar-refractivity contribution is 5.80. The number of nitrogens with one attached hydrogen (secondary N) is 2. The molecule has 2 N–H and O–H groups in total. The third-order valence-electron chi connectivity index (χ3n) is 2.92. The number of hydrogen-bond acceptors (Lipinski definition) is 5. The van der Waals surface area contributed by atoms with Crippen LogP contribution in [0.3, 0.4) is 0 Å². The standard InChI is InChI=1S/C13H26N2O4/c1-10(12(16)15-5-6-17-4)18-8-11-7-14-9-13(2,3)19-11/h10-11,14H,5-9H2,1-4H3,(H,15,16). The zero-order valence-corrected chi connectivity index (χ0v) is 12.3. The molecule has 112 valence electrons. The molecule has 1 fully saturated rings. The summed E-state index contributed by atoms with van der Waals surface area (Å²) in [7, 11) is 1.60. The van der Waals surface area contributed by atoms with E-state index >= 15 is 0 Å². The second-order valence-electron chi connectivity index (χ2n) is 5.39. The minimum atomic E-state index is -0.481. The van der Waals surface area contributed by atoms with E-state index in [9.17, 15) is 4.79 Å². The maximum Gasteiger partial charge on any atom is 0.248 e. The Morgan fingerprint density at radius 3 is 2.95 bits per heavy atom. The predicted molar refractivity (Wildman–Crippen MR) is 72.1 cm³/mol. The fourth-order valence-corrected chi connectivity index (χ4v) is 1.91. The van der Waals surface area contributed by atoms with Gasteiger partial charge in [-0.15, -0.1) is 0 Å². The molecule has 6 nitrogen and oxygen atoms in total. The Morgan fingerprint density at radius 1 is 1.58 bits per heavy atom. The van der Waals surface area contributed by atoms with E-state index in [4.69, 9.17) is 14.2 Å². The zero-order valence-electron chi connectivity index (χ0n) is 12.3. The van der Waals surface area contributed by atoms with Crippen LogP contribution in [-0.2, 0) is 19.0 Å². The molecule has 0 aromatic carbocycles. The van der Waals surface area contributed by atoms with Crippen molar-refractivity contribution in [3.8, 4) is 0 Å². The molecule has 0 saturated carbocycles. The highest BCUT2D eigenvalue weighted by atomic mass is 16.6. The van der Waals surface area contributed by atoms with Gasteiger partial charge in [-0.2, -0.15) is 0 Å². The van der Waals surface area contributed by atoms with Crippen molar-refractivity contribution in [2.75, 3.05) is 40.0 Å². The lowest BCUT2D eigenvalue weighted by Gasteiger charge is -2.36. The first-order valence-corrected chi connectivity index (χ1v) is 6.71. The summed E-state index contributed by atoms with van der Waals surface area (Å²) in [5.74, 6) is -0.125. The van der Waals surface area contributed by atoms with Crippen LogP contribution in [0.25, 0.3) is 0 Å². The quantitative estimate of drug-likeness (QED) is 0.636. The molecule has 0 aromatic heterocycles. The molecule has 0 radical (unpaired) electrons. The third kappa shape index (κ3) is 6.33. The number of ether oxygens (including phenoxy) is 3. The summed E-state index contributed by atoms with van der Waals surface area (Å²) >= 11 is 0. The van der Waals surface area contributed by atoms with Crippen LogP contribution in [0.15, 0.2) is 0 Å². The molecule has 19 heavy (non-hydrogen) atoms. The van der Waals surface area contributed by atoms with Crippen LogP contribution in [0.2, 0.25) is 0 Å². The molecule has 0 bridgehead atoms. The van der Waals surface area contributed by atoms with Gasteiger partial charge in [0, 0.05) is 26.7 Å². The number of rotatable bonds is 7. The normalized spacial score (nSPS) is 23.9. The van der Waals surface area contributed by atoms with E-state index < -0.39 is 6.10 Å². The van der Waals surface area contributed by atoms with E-state index in [2.05, 4.69) is 10.6 Å². The van der Waals surface area contributed by atoms with Gasteiger partial charge < -0.3 is 24.8 Å². The number of amides is 1. The predicted octanol–water partition coefficient (Wildman–Crippen LogP) is -0.0789. The summed E-state index contributed by atoms with van der Waals surface area (Å²) in [6.45, 7) is 8.80. The van der Waals surface area contributed by atoms with Crippen molar-refractivity contribution in [3.63, 3.8) is 0 Å². The summed E-state index contributed by atoms with van der Waals surface area (Å²) < 4.78 is 16.3. The number of methoxy groups -OCH3 is 1. The number of carbonyl (C=O) groups is 1. The van der Waals surface area contributed by atoms with Gasteiger partial charge in [0.05, 0.1) is 24.9 Å². The summed E-state index contributed by atoms with van der Waals surface area (Å²) in [6.07, 6.45) is -0.497. The average Bonchev–Trinajstić information content (AvgIpc) is 2.35. The molecule has 1 amide bonds. The summed E-state index contributed by atoms with van der Waals surface area (Å²) in [5, 5.41) is 6.04. The van der Waals surface area contributed by atoms with Crippen molar-refractivity contribution in [1.82, 2.24) is 10.6 Å². The number of morpholine rings is 1. The van der Waals surface area contributed by atoms with Gasteiger partial charge in [-0.1, -0.05) is 0 Å². The van der Waals surface area contributed by atoms with Gasteiger partial charge in [-0.25, -0.2) is 0 Å². The molecule has 2 unspecified atom stereocenters. The van der Waals surface area contributed by atoms with Crippen LogP contribution in [0.1, 0.15) is 20.8 Å². The van der Waals surface area contributed by atoms with Crippen LogP contribution >= 0.6 is 0 Å². The minimum Gasteiger partial charge on any atom is -0.383 e. The minimum absolute atomic E-state index is 0.0158. The second-order valence-corrected chi connectivity index (χ2v) is 5.39. The van der Waals surface area contributed by atoms with Gasteiger partial charge in [0.15, 0.2) is 0 Å². The van der Waals surface area contributed by atoms with E-state index in [-0.39, 0.29) is 17.6 Å². The SMILES string of the molecule is COCCNC(=O)C(C)OCC1CNCC(C)(C)O1. The van der Waals surface area contributed by atoms with Gasteiger partial charge in [-0.3, -0.25) is 4.79 Å². The molecular formula is C13H26N2O4. The van der Waals surface area contributed by atoms with Crippen LogP contribution in [0.4, 0.5) is 0 Å². The highest BCUT2D eigenvalue weighted by Crippen LogP contribution is 2.15. The van der Waals surface area contributed by atoms with E-state index in [0.29, 0.717) is 19.8 Å². The molecule has 1 aliphatic heterocycles. The Kier molecular flexibility index (Phi) is 6.71. The highest BCUT2D eigenvalue weighted by Gasteiger charge is 2.29. The van der Waals surface area contributed by atoms with Gasteiger partial charge >= 0.3 is 0 Å². The van der Waals surface area contributed by atoms with Gasteiger partial charge in [-0.05, 0) is 20.8 Å². The molecule has 6 heteroatoms. The Balaban J connectivity index is 2.22. The van der Waals surface area contributed by atoms with Crippen molar-refractivity contribution < 1.29 is 19.0 Å². The number of hydrogen-bond donors (Lipinski definition) is 2.